The second-order valence-electron chi connectivity index (χ2n) is 8.35. The quantitative estimate of drug-likeness (QED) is 0.178. The summed E-state index contributed by atoms with van der Waals surface area (Å²) >= 11 is 1.07. The lowest BCUT2D eigenvalue weighted by molar-refractivity contribution is 0.0987. The summed E-state index contributed by atoms with van der Waals surface area (Å²) in [7, 11) is -2.43. The van der Waals surface area contributed by atoms with Crippen LogP contribution in [0.4, 0.5) is 19.6 Å². The Balaban J connectivity index is 1.48. The van der Waals surface area contributed by atoms with Gasteiger partial charge < -0.3 is 0 Å². The maximum atomic E-state index is 13.8. The minimum atomic E-state index is -3.88. The third-order valence-corrected chi connectivity index (χ3v) is 8.58. The molecule has 5 rings (SSSR count). The average Bonchev–Trinajstić information content (AvgIpc) is 3.37. The van der Waals surface area contributed by atoms with Crippen molar-refractivity contribution >= 4 is 54.5 Å². The summed E-state index contributed by atoms with van der Waals surface area (Å²) in [5, 5.41) is 5.52. The highest BCUT2D eigenvalue weighted by Gasteiger charge is 2.24. The number of carbonyl (C=O) groups excluding carboxylic acids is 1. The molecule has 0 atom stereocenters. The van der Waals surface area contributed by atoms with Crippen LogP contribution in [0.2, 0.25) is 0 Å². The molecule has 5 aromatic rings. The first kappa shape index (κ1) is 26.1. The number of benzene rings is 4. The molecule has 0 saturated carbocycles. The van der Waals surface area contributed by atoms with Gasteiger partial charge in [-0.15, -0.1) is 0 Å². The average molecular weight is 563 g/mol. The number of fused-ring (bicyclic) bond motifs is 1. The second kappa shape index (κ2) is 10.7. The van der Waals surface area contributed by atoms with Crippen LogP contribution in [-0.2, 0) is 10.0 Å². The predicted molar refractivity (Wildman–Crippen MR) is 149 cm³/mol. The van der Waals surface area contributed by atoms with E-state index in [1.54, 1.807) is 30.3 Å². The van der Waals surface area contributed by atoms with E-state index in [-0.39, 0.29) is 15.6 Å². The molecule has 0 bridgehead atoms. The van der Waals surface area contributed by atoms with Gasteiger partial charge >= 0.3 is 0 Å². The molecule has 0 aliphatic carbocycles. The van der Waals surface area contributed by atoms with E-state index in [0.29, 0.717) is 21.5 Å². The van der Waals surface area contributed by atoms with Crippen LogP contribution in [0.25, 0.3) is 10.2 Å². The van der Waals surface area contributed by atoms with Gasteiger partial charge in [-0.2, -0.15) is 10.1 Å². The van der Waals surface area contributed by atoms with Crippen molar-refractivity contribution in [2.75, 3.05) is 16.4 Å². The number of carbonyl (C=O) groups is 1. The Bertz CT molecular complexity index is 1770. The molecule has 1 aromatic heterocycles. The molecule has 0 fully saturated rings. The molecule has 0 unspecified atom stereocenters. The highest BCUT2D eigenvalue weighted by Crippen LogP contribution is 2.31. The van der Waals surface area contributed by atoms with Crippen molar-refractivity contribution in [3.8, 4) is 0 Å². The number of sulfonamides is 1. The molecule has 0 aliphatic heterocycles. The van der Waals surface area contributed by atoms with Crippen LogP contribution in [0.3, 0.4) is 0 Å². The van der Waals surface area contributed by atoms with Gasteiger partial charge in [0, 0.05) is 12.6 Å². The molecular formula is C28H20F2N4O3S2. The number of amides is 1. The molecule has 0 aliphatic rings. The number of aromatic nitrogens is 1. The molecule has 4 aromatic carbocycles. The van der Waals surface area contributed by atoms with E-state index in [9.17, 15) is 22.0 Å². The molecular weight excluding hydrogens is 542 g/mol. The van der Waals surface area contributed by atoms with E-state index in [2.05, 4.69) is 10.1 Å². The third-order valence-electron chi connectivity index (χ3n) is 5.78. The Morgan fingerprint density at radius 3 is 2.26 bits per heavy atom. The maximum Gasteiger partial charge on any atom is 0.280 e. The Hall–Kier alpha value is -4.48. The normalized spacial score (nSPS) is 11.7. The lowest BCUT2D eigenvalue weighted by atomic mass is 10.2. The molecule has 39 heavy (non-hydrogen) atoms. The molecule has 1 amide bonds. The van der Waals surface area contributed by atoms with Crippen molar-refractivity contribution in [1.29, 1.82) is 0 Å². The Morgan fingerprint density at radius 1 is 0.897 bits per heavy atom. The summed E-state index contributed by atoms with van der Waals surface area (Å²) in [5.74, 6) is -1.45. The minimum Gasteiger partial charge on any atom is -0.269 e. The van der Waals surface area contributed by atoms with Crippen LogP contribution in [0, 0.1) is 11.6 Å². The summed E-state index contributed by atoms with van der Waals surface area (Å²) in [6.07, 6.45) is 1.37. The van der Waals surface area contributed by atoms with E-state index in [4.69, 9.17) is 0 Å². The second-order valence-corrected chi connectivity index (χ2v) is 11.3. The van der Waals surface area contributed by atoms with Gasteiger partial charge in [0.15, 0.2) is 0 Å². The van der Waals surface area contributed by atoms with Crippen molar-refractivity contribution in [2.24, 2.45) is 5.10 Å². The highest BCUT2D eigenvalue weighted by molar-refractivity contribution is 7.92. The van der Waals surface area contributed by atoms with E-state index < -0.39 is 27.6 Å². The van der Waals surface area contributed by atoms with Crippen LogP contribution in [0.1, 0.15) is 15.9 Å². The Labute approximate surface area is 227 Å². The topological polar surface area (TPSA) is 82.9 Å². The smallest absolute Gasteiger partial charge is 0.269 e. The number of thiazole rings is 1. The fourth-order valence-corrected chi connectivity index (χ4v) is 5.81. The summed E-state index contributed by atoms with van der Waals surface area (Å²) in [6.45, 7) is 0. The predicted octanol–water partition coefficient (Wildman–Crippen LogP) is 6.08. The van der Waals surface area contributed by atoms with Gasteiger partial charge in [0.05, 0.1) is 27.0 Å². The third kappa shape index (κ3) is 5.54. The standard InChI is InChI=1S/C28H20F2N4O3S2/c1-33(23-5-3-2-4-6-23)39(36,37)24-14-9-20(10-15-24)27(35)34(31-18-19-7-11-21(29)12-8-19)28-32-25-16-13-22(30)17-26(25)38-28/h2-18H,1H3/b31-18+. The van der Waals surface area contributed by atoms with Gasteiger partial charge in [-0.1, -0.05) is 41.7 Å². The number of halogens is 2. The molecule has 1 heterocycles. The van der Waals surface area contributed by atoms with Gasteiger partial charge in [-0.25, -0.2) is 22.2 Å². The highest BCUT2D eigenvalue weighted by atomic mass is 32.2. The van der Waals surface area contributed by atoms with Crippen LogP contribution in [0.5, 0.6) is 0 Å². The zero-order chi connectivity index (χ0) is 27.6. The Kier molecular flexibility index (Phi) is 7.18. The van der Waals surface area contributed by atoms with E-state index in [0.717, 1.165) is 20.7 Å². The molecule has 0 saturated heterocycles. The minimum absolute atomic E-state index is 0.00206. The maximum absolute atomic E-state index is 13.8. The summed E-state index contributed by atoms with van der Waals surface area (Å²) in [6, 6.07) is 23.7. The van der Waals surface area contributed by atoms with Crippen LogP contribution >= 0.6 is 11.3 Å². The van der Waals surface area contributed by atoms with Gasteiger partial charge in [0.1, 0.15) is 11.6 Å². The first-order chi connectivity index (χ1) is 18.7. The van der Waals surface area contributed by atoms with Crippen molar-refractivity contribution in [2.45, 2.75) is 4.90 Å². The Morgan fingerprint density at radius 2 is 1.56 bits per heavy atom. The van der Waals surface area contributed by atoms with Gasteiger partial charge in [0.2, 0.25) is 5.13 Å². The number of para-hydroxylation sites is 1. The number of hydrazone groups is 1. The number of rotatable bonds is 7. The molecule has 7 nitrogen and oxygen atoms in total. The van der Waals surface area contributed by atoms with Crippen LogP contribution < -0.4 is 9.31 Å². The van der Waals surface area contributed by atoms with Gasteiger partial charge in [-0.05, 0) is 72.3 Å². The molecule has 11 heteroatoms. The fraction of sp³-hybridized carbons (Fsp3) is 0.0357. The van der Waals surface area contributed by atoms with Crippen LogP contribution in [-0.4, -0.2) is 32.6 Å². The monoisotopic (exact) mass is 562 g/mol. The summed E-state index contributed by atoms with van der Waals surface area (Å²) < 4.78 is 55.0. The molecule has 0 radical (unpaired) electrons. The number of nitrogens with zero attached hydrogens (tertiary/aromatic N) is 4. The van der Waals surface area contributed by atoms with Crippen molar-refractivity contribution in [3.05, 3.63) is 120 Å². The fourth-order valence-electron chi connectivity index (χ4n) is 3.67. The van der Waals surface area contributed by atoms with Crippen molar-refractivity contribution in [1.82, 2.24) is 4.98 Å². The van der Waals surface area contributed by atoms with E-state index in [1.807, 2.05) is 0 Å². The van der Waals surface area contributed by atoms with E-state index >= 15 is 0 Å². The largest absolute Gasteiger partial charge is 0.280 e. The molecule has 0 spiro atoms. The number of hydrogen-bond donors (Lipinski definition) is 0. The lowest BCUT2D eigenvalue weighted by Gasteiger charge is -2.19. The number of anilines is 2. The zero-order valence-electron chi connectivity index (χ0n) is 20.4. The van der Waals surface area contributed by atoms with Gasteiger partial charge in [-0.3, -0.25) is 9.10 Å². The van der Waals surface area contributed by atoms with Crippen molar-refractivity contribution < 1.29 is 22.0 Å². The molecule has 196 valence electrons. The first-order valence-electron chi connectivity index (χ1n) is 11.6. The first-order valence-corrected chi connectivity index (χ1v) is 13.8. The van der Waals surface area contributed by atoms with E-state index in [1.165, 1.54) is 80.0 Å². The van der Waals surface area contributed by atoms with Crippen LogP contribution in [0.15, 0.2) is 107 Å². The molecule has 0 N–H and O–H groups in total. The van der Waals surface area contributed by atoms with Crippen molar-refractivity contribution in [3.63, 3.8) is 0 Å². The van der Waals surface area contributed by atoms with Gasteiger partial charge in [0.25, 0.3) is 15.9 Å². The summed E-state index contributed by atoms with van der Waals surface area (Å²) in [4.78, 5) is 18.0. The zero-order valence-corrected chi connectivity index (χ0v) is 22.0. The SMILES string of the molecule is CN(c1ccccc1)S(=O)(=O)c1ccc(C(=O)N(/N=C/c2ccc(F)cc2)c2nc3ccc(F)cc3s2)cc1. The summed E-state index contributed by atoms with van der Waals surface area (Å²) in [5.41, 5.74) is 1.66. The lowest BCUT2D eigenvalue weighted by Crippen LogP contribution is -2.27. The number of hydrogen-bond acceptors (Lipinski definition) is 6.